The number of hydrogen-bond acceptors (Lipinski definition) is 6. The second-order valence-corrected chi connectivity index (χ2v) is 22.7. The molecule has 0 aliphatic carbocycles. The first-order chi connectivity index (χ1) is 38.0. The molecular weight excluding hydrogens is 949 g/mol. The maximum Gasteiger partial charge on any atom is 0.306 e. The molecule has 0 radical (unpaired) electrons. The largest absolute Gasteiger partial charge is 0.462 e. The molecule has 0 aliphatic heterocycles. The Morgan fingerprint density at radius 1 is 0.260 bits per heavy atom. The summed E-state index contributed by atoms with van der Waals surface area (Å²) in [4.78, 5) is 38.2. The monoisotopic (exact) mass is 1080 g/mol. The average molecular weight is 1080 g/mol. The molecule has 0 fully saturated rings. The molecule has 1 atom stereocenters. The first-order valence-corrected chi connectivity index (χ1v) is 33.8. The van der Waals surface area contributed by atoms with Gasteiger partial charge >= 0.3 is 17.9 Å². The van der Waals surface area contributed by atoms with Crippen molar-refractivity contribution in [3.05, 3.63) is 60.8 Å². The highest BCUT2D eigenvalue weighted by molar-refractivity contribution is 5.71. The summed E-state index contributed by atoms with van der Waals surface area (Å²) in [5.74, 6) is -0.886. The van der Waals surface area contributed by atoms with Gasteiger partial charge in [0.1, 0.15) is 13.2 Å². The van der Waals surface area contributed by atoms with E-state index in [1.165, 1.54) is 218 Å². The van der Waals surface area contributed by atoms with Crippen molar-refractivity contribution in [2.24, 2.45) is 0 Å². The molecule has 0 saturated heterocycles. The fourth-order valence-electron chi connectivity index (χ4n) is 9.84. The summed E-state index contributed by atoms with van der Waals surface area (Å²) in [6.07, 6.45) is 84.0. The van der Waals surface area contributed by atoms with Crippen LogP contribution >= 0.6 is 0 Å². The highest BCUT2D eigenvalue weighted by atomic mass is 16.6. The van der Waals surface area contributed by atoms with Crippen LogP contribution in [0.3, 0.4) is 0 Å². The van der Waals surface area contributed by atoms with E-state index in [1.54, 1.807) is 0 Å². The second-order valence-electron chi connectivity index (χ2n) is 22.7. The summed E-state index contributed by atoms with van der Waals surface area (Å²) in [6, 6.07) is 0. The van der Waals surface area contributed by atoms with Gasteiger partial charge < -0.3 is 14.2 Å². The summed E-state index contributed by atoms with van der Waals surface area (Å²) in [5.41, 5.74) is 0. The van der Waals surface area contributed by atoms with E-state index in [2.05, 4.69) is 81.5 Å². The van der Waals surface area contributed by atoms with Crippen molar-refractivity contribution in [1.29, 1.82) is 0 Å². The number of unbranched alkanes of at least 4 members (excludes halogenated alkanes) is 41. The van der Waals surface area contributed by atoms with Gasteiger partial charge in [-0.15, -0.1) is 0 Å². The zero-order chi connectivity index (χ0) is 55.7. The van der Waals surface area contributed by atoms with Crippen molar-refractivity contribution >= 4 is 17.9 Å². The minimum absolute atomic E-state index is 0.0792. The number of allylic oxidation sites excluding steroid dienone is 10. The average Bonchev–Trinajstić information content (AvgIpc) is 3.43. The summed E-state index contributed by atoms with van der Waals surface area (Å²) in [6.45, 7) is 6.58. The molecular formula is C71H128O6. The smallest absolute Gasteiger partial charge is 0.306 e. The van der Waals surface area contributed by atoms with Gasteiger partial charge in [0.15, 0.2) is 6.10 Å². The lowest BCUT2D eigenvalue weighted by atomic mass is 10.0. The first-order valence-electron chi connectivity index (χ1n) is 33.8. The van der Waals surface area contributed by atoms with Crippen molar-refractivity contribution in [2.75, 3.05) is 13.2 Å². The van der Waals surface area contributed by atoms with Crippen LogP contribution in [0.15, 0.2) is 60.8 Å². The molecule has 448 valence electrons. The van der Waals surface area contributed by atoms with Crippen molar-refractivity contribution in [3.8, 4) is 0 Å². The lowest BCUT2D eigenvalue weighted by Gasteiger charge is -2.18. The standard InChI is InChI=1S/C71H128O6/c1-4-7-10-13-16-19-22-25-27-28-29-30-31-32-33-34-35-36-37-38-39-40-41-42-43-44-45-47-49-52-55-58-61-64-70(73)76-67-68(66-75-69(72)63-60-57-54-51-48-24-21-18-15-12-9-6-3)77-71(74)65-62-59-56-53-50-46-26-23-20-17-14-11-8-5-2/h14,17-18,21-23,25-26,28-29,68H,4-13,15-16,19-20,24,27,30-67H2,1-3H3/b17-14-,21-18-,25-22-,26-23-,29-28-. The molecule has 0 aromatic rings. The quantitative estimate of drug-likeness (QED) is 0.0261. The van der Waals surface area contributed by atoms with Crippen LogP contribution in [-0.2, 0) is 28.6 Å². The van der Waals surface area contributed by atoms with E-state index in [1.807, 2.05) is 0 Å². The maximum atomic E-state index is 12.9. The maximum absolute atomic E-state index is 12.9. The van der Waals surface area contributed by atoms with Gasteiger partial charge in [-0.1, -0.05) is 293 Å². The number of esters is 3. The van der Waals surface area contributed by atoms with Crippen LogP contribution in [0, 0.1) is 0 Å². The van der Waals surface area contributed by atoms with Crippen molar-refractivity contribution in [3.63, 3.8) is 0 Å². The van der Waals surface area contributed by atoms with Crippen LogP contribution in [0.4, 0.5) is 0 Å². The van der Waals surface area contributed by atoms with Crippen LogP contribution in [0.2, 0.25) is 0 Å². The van der Waals surface area contributed by atoms with E-state index >= 15 is 0 Å². The molecule has 0 amide bonds. The van der Waals surface area contributed by atoms with Gasteiger partial charge in [0.05, 0.1) is 0 Å². The Morgan fingerprint density at radius 3 is 0.792 bits per heavy atom. The molecule has 0 N–H and O–H groups in total. The number of carbonyl (C=O) groups excluding carboxylic acids is 3. The van der Waals surface area contributed by atoms with Crippen molar-refractivity contribution in [2.45, 2.75) is 361 Å². The van der Waals surface area contributed by atoms with Crippen LogP contribution < -0.4 is 0 Å². The third-order valence-electron chi connectivity index (χ3n) is 15.0. The van der Waals surface area contributed by atoms with Gasteiger partial charge in [-0.05, 0) is 103 Å². The van der Waals surface area contributed by atoms with E-state index in [-0.39, 0.29) is 31.1 Å². The molecule has 77 heavy (non-hydrogen) atoms. The Morgan fingerprint density at radius 2 is 0.481 bits per heavy atom. The SMILES string of the molecule is CCCC/C=C\C/C=C\CCCCCCCC(=O)OC(COC(=O)CCCCCCC/C=C\CCCCC)COC(=O)CCCCCCCCCCCCCCCCCCCCCCC/C=C\C/C=C\CCCCCCC. The van der Waals surface area contributed by atoms with E-state index in [9.17, 15) is 14.4 Å². The van der Waals surface area contributed by atoms with E-state index < -0.39 is 6.10 Å². The highest BCUT2D eigenvalue weighted by Crippen LogP contribution is 2.17. The van der Waals surface area contributed by atoms with Crippen LogP contribution in [0.5, 0.6) is 0 Å². The number of ether oxygens (including phenoxy) is 3. The van der Waals surface area contributed by atoms with Crippen molar-refractivity contribution in [1.82, 2.24) is 0 Å². The zero-order valence-electron chi connectivity index (χ0n) is 51.5. The molecule has 1 unspecified atom stereocenters. The Bertz CT molecular complexity index is 1380. The number of hydrogen-bond donors (Lipinski definition) is 0. The molecule has 6 heteroatoms. The molecule has 0 aliphatic rings. The molecule has 0 aromatic heterocycles. The van der Waals surface area contributed by atoms with E-state index in [0.717, 1.165) is 96.3 Å². The van der Waals surface area contributed by atoms with Gasteiger partial charge in [-0.2, -0.15) is 0 Å². The van der Waals surface area contributed by atoms with E-state index in [0.29, 0.717) is 19.3 Å². The number of carbonyl (C=O) groups is 3. The minimum atomic E-state index is -0.783. The highest BCUT2D eigenvalue weighted by Gasteiger charge is 2.19. The lowest BCUT2D eigenvalue weighted by Crippen LogP contribution is -2.30. The molecule has 0 bridgehead atoms. The zero-order valence-corrected chi connectivity index (χ0v) is 51.5. The molecule has 0 heterocycles. The normalized spacial score (nSPS) is 12.4. The van der Waals surface area contributed by atoms with Gasteiger partial charge in [-0.25, -0.2) is 0 Å². The fourth-order valence-corrected chi connectivity index (χ4v) is 9.84. The summed E-state index contributed by atoms with van der Waals surface area (Å²) in [7, 11) is 0. The first kappa shape index (κ1) is 74.1. The summed E-state index contributed by atoms with van der Waals surface area (Å²) >= 11 is 0. The van der Waals surface area contributed by atoms with Gasteiger partial charge in [-0.3, -0.25) is 14.4 Å². The Kier molecular flexibility index (Phi) is 63.2. The minimum Gasteiger partial charge on any atom is -0.462 e. The topological polar surface area (TPSA) is 78.9 Å². The fraction of sp³-hybridized carbons (Fsp3) is 0.817. The van der Waals surface area contributed by atoms with Crippen LogP contribution in [0.25, 0.3) is 0 Å². The molecule has 0 saturated carbocycles. The predicted molar refractivity (Wildman–Crippen MR) is 335 cm³/mol. The lowest BCUT2D eigenvalue weighted by molar-refractivity contribution is -0.167. The molecule has 0 aromatic carbocycles. The summed E-state index contributed by atoms with van der Waals surface area (Å²) in [5, 5.41) is 0. The van der Waals surface area contributed by atoms with Crippen LogP contribution in [0.1, 0.15) is 355 Å². The molecule has 0 spiro atoms. The predicted octanol–water partition coefficient (Wildman–Crippen LogP) is 23.1. The number of rotatable bonds is 62. The van der Waals surface area contributed by atoms with Gasteiger partial charge in [0.25, 0.3) is 0 Å². The van der Waals surface area contributed by atoms with Crippen molar-refractivity contribution < 1.29 is 28.6 Å². The van der Waals surface area contributed by atoms with Gasteiger partial charge in [0, 0.05) is 19.3 Å². The molecule has 0 rings (SSSR count). The Hall–Kier alpha value is -2.89. The third-order valence-corrected chi connectivity index (χ3v) is 15.0. The summed E-state index contributed by atoms with van der Waals surface area (Å²) < 4.78 is 16.9. The van der Waals surface area contributed by atoms with Gasteiger partial charge in [0.2, 0.25) is 0 Å². The molecule has 6 nitrogen and oxygen atoms in total. The van der Waals surface area contributed by atoms with Crippen LogP contribution in [-0.4, -0.2) is 37.2 Å². The van der Waals surface area contributed by atoms with E-state index in [4.69, 9.17) is 14.2 Å². The second kappa shape index (κ2) is 65.6. The Labute approximate surface area is 479 Å². The third kappa shape index (κ3) is 63.8. The Balaban J connectivity index is 4.08.